The van der Waals surface area contributed by atoms with Crippen molar-refractivity contribution in [3.8, 4) is 0 Å². The van der Waals surface area contributed by atoms with Crippen LogP contribution in [0.2, 0.25) is 0 Å². The highest BCUT2D eigenvalue weighted by molar-refractivity contribution is 5.84. The summed E-state index contributed by atoms with van der Waals surface area (Å²) in [5.74, 6) is 1.21. The first-order valence-electron chi connectivity index (χ1n) is 6.53. The molecule has 3 heteroatoms. The third-order valence-electron chi connectivity index (χ3n) is 3.09. The highest BCUT2D eigenvalue weighted by Gasteiger charge is 2.39. The lowest BCUT2D eigenvalue weighted by molar-refractivity contribution is -0.131. The minimum absolute atomic E-state index is 0.0234. The van der Waals surface area contributed by atoms with Crippen molar-refractivity contribution in [2.24, 2.45) is 11.8 Å². The van der Waals surface area contributed by atoms with Crippen molar-refractivity contribution in [2.45, 2.75) is 59.7 Å². The Morgan fingerprint density at radius 3 is 2.38 bits per heavy atom. The minimum atomic E-state index is 0.0234. The molecule has 0 aromatic rings. The fraction of sp³-hybridized carbons (Fsp3) is 0.923. The summed E-state index contributed by atoms with van der Waals surface area (Å²) in [5.41, 5.74) is 0. The van der Waals surface area contributed by atoms with Crippen LogP contribution in [0, 0.1) is 11.8 Å². The maximum atomic E-state index is 12.2. The van der Waals surface area contributed by atoms with E-state index in [4.69, 9.17) is 0 Å². The molecular formula is C13H26N2O. The van der Waals surface area contributed by atoms with Crippen LogP contribution in [0.5, 0.6) is 0 Å². The van der Waals surface area contributed by atoms with E-state index in [1.54, 1.807) is 0 Å². The molecule has 3 nitrogen and oxygen atoms in total. The van der Waals surface area contributed by atoms with E-state index in [1.165, 1.54) is 0 Å². The van der Waals surface area contributed by atoms with E-state index >= 15 is 0 Å². The van der Waals surface area contributed by atoms with E-state index in [0.717, 1.165) is 19.4 Å². The summed E-state index contributed by atoms with van der Waals surface area (Å²) in [6.45, 7) is 11.6. The molecule has 1 amide bonds. The molecule has 1 heterocycles. The lowest BCUT2D eigenvalue weighted by atomic mass is 10.0. The van der Waals surface area contributed by atoms with Gasteiger partial charge in [0.25, 0.3) is 0 Å². The first-order valence-corrected chi connectivity index (χ1v) is 6.53. The molecule has 0 saturated carbocycles. The van der Waals surface area contributed by atoms with Gasteiger partial charge in [0, 0.05) is 6.54 Å². The van der Waals surface area contributed by atoms with Crippen LogP contribution in [0.15, 0.2) is 0 Å². The lowest BCUT2D eigenvalue weighted by Crippen LogP contribution is -2.39. The average molecular weight is 226 g/mol. The van der Waals surface area contributed by atoms with E-state index in [9.17, 15) is 4.79 Å². The molecule has 1 rings (SSSR count). The largest absolute Gasteiger partial charge is 0.326 e. The minimum Gasteiger partial charge on any atom is -0.326 e. The molecule has 0 radical (unpaired) electrons. The summed E-state index contributed by atoms with van der Waals surface area (Å²) in [6, 6.07) is 0.0234. The van der Waals surface area contributed by atoms with Gasteiger partial charge >= 0.3 is 0 Å². The second-order valence-electron chi connectivity index (χ2n) is 5.58. The predicted octanol–water partition coefficient (Wildman–Crippen LogP) is 2.22. The summed E-state index contributed by atoms with van der Waals surface area (Å²) in [4.78, 5) is 14.3. The van der Waals surface area contributed by atoms with Crippen molar-refractivity contribution in [3.05, 3.63) is 0 Å². The van der Waals surface area contributed by atoms with E-state index in [1.807, 2.05) is 4.90 Å². The maximum Gasteiger partial charge on any atom is 0.241 e. The molecule has 2 atom stereocenters. The zero-order chi connectivity index (χ0) is 12.3. The Kier molecular flexibility index (Phi) is 4.78. The lowest BCUT2D eigenvalue weighted by Gasteiger charge is -2.25. The summed E-state index contributed by atoms with van der Waals surface area (Å²) >= 11 is 0. The van der Waals surface area contributed by atoms with Crippen LogP contribution in [0.1, 0.15) is 47.5 Å². The second kappa shape index (κ2) is 5.67. The van der Waals surface area contributed by atoms with Crippen LogP contribution >= 0.6 is 0 Å². The molecule has 0 bridgehead atoms. The Morgan fingerprint density at radius 1 is 1.31 bits per heavy atom. The molecule has 0 aromatic carbocycles. The Morgan fingerprint density at radius 2 is 1.94 bits per heavy atom. The number of hydrogen-bond donors (Lipinski definition) is 1. The number of nitrogens with zero attached hydrogens (tertiary/aromatic N) is 1. The van der Waals surface area contributed by atoms with Gasteiger partial charge in [0.15, 0.2) is 0 Å². The standard InChI is InChI=1S/C13H26N2O/c1-6-7-11-14-12(10(4)5)13(16)15(11)8-9(2)3/h9-12,14H,6-8H2,1-5H3. The van der Waals surface area contributed by atoms with Crippen LogP contribution in [0.4, 0.5) is 0 Å². The number of rotatable bonds is 5. The normalized spacial score (nSPS) is 26.2. The van der Waals surface area contributed by atoms with Crippen molar-refractivity contribution in [3.63, 3.8) is 0 Å². The molecule has 1 fully saturated rings. The molecule has 0 spiro atoms. The van der Waals surface area contributed by atoms with Crippen molar-refractivity contribution in [2.75, 3.05) is 6.54 Å². The van der Waals surface area contributed by atoms with Gasteiger partial charge in [-0.15, -0.1) is 0 Å². The van der Waals surface area contributed by atoms with Crippen LogP contribution < -0.4 is 5.32 Å². The van der Waals surface area contributed by atoms with Gasteiger partial charge in [0.2, 0.25) is 5.91 Å². The number of carbonyl (C=O) groups is 1. The molecular weight excluding hydrogens is 200 g/mol. The third-order valence-corrected chi connectivity index (χ3v) is 3.09. The Hall–Kier alpha value is -0.570. The highest BCUT2D eigenvalue weighted by atomic mass is 16.2. The Labute approximate surface area is 99.6 Å². The highest BCUT2D eigenvalue weighted by Crippen LogP contribution is 2.20. The maximum absolute atomic E-state index is 12.2. The van der Waals surface area contributed by atoms with Gasteiger partial charge in [-0.05, 0) is 18.3 Å². The summed E-state index contributed by atoms with van der Waals surface area (Å²) in [5, 5.41) is 3.47. The molecule has 0 aliphatic carbocycles. The van der Waals surface area contributed by atoms with E-state index in [2.05, 4.69) is 39.9 Å². The van der Waals surface area contributed by atoms with Gasteiger partial charge in [-0.3, -0.25) is 10.1 Å². The van der Waals surface area contributed by atoms with Crippen molar-refractivity contribution >= 4 is 5.91 Å². The van der Waals surface area contributed by atoms with Gasteiger partial charge in [0.05, 0.1) is 12.2 Å². The van der Waals surface area contributed by atoms with Gasteiger partial charge in [-0.2, -0.15) is 0 Å². The Balaban J connectivity index is 2.72. The SMILES string of the molecule is CCCC1NC(C(C)C)C(=O)N1CC(C)C. The van der Waals surface area contributed by atoms with Crippen molar-refractivity contribution in [1.82, 2.24) is 10.2 Å². The fourth-order valence-corrected chi connectivity index (χ4v) is 2.30. The predicted molar refractivity (Wildman–Crippen MR) is 67.0 cm³/mol. The smallest absolute Gasteiger partial charge is 0.241 e. The second-order valence-corrected chi connectivity index (χ2v) is 5.58. The van der Waals surface area contributed by atoms with Gasteiger partial charge in [0.1, 0.15) is 0 Å². The van der Waals surface area contributed by atoms with E-state index in [0.29, 0.717) is 17.7 Å². The molecule has 1 N–H and O–H groups in total. The molecule has 16 heavy (non-hydrogen) atoms. The monoisotopic (exact) mass is 226 g/mol. The molecule has 1 saturated heterocycles. The fourth-order valence-electron chi connectivity index (χ4n) is 2.30. The molecule has 0 aromatic heterocycles. The number of hydrogen-bond acceptors (Lipinski definition) is 2. The number of nitrogens with one attached hydrogen (secondary N) is 1. The topological polar surface area (TPSA) is 32.3 Å². The first-order chi connectivity index (χ1) is 7.47. The molecule has 94 valence electrons. The van der Waals surface area contributed by atoms with Crippen molar-refractivity contribution < 1.29 is 4.79 Å². The Bertz CT molecular complexity index is 238. The zero-order valence-electron chi connectivity index (χ0n) is 11.3. The van der Waals surface area contributed by atoms with E-state index in [-0.39, 0.29) is 12.2 Å². The molecule has 1 aliphatic heterocycles. The van der Waals surface area contributed by atoms with Crippen molar-refractivity contribution in [1.29, 1.82) is 0 Å². The van der Waals surface area contributed by atoms with Gasteiger partial charge < -0.3 is 4.90 Å². The molecule has 2 unspecified atom stereocenters. The third kappa shape index (κ3) is 2.97. The number of amides is 1. The van der Waals surface area contributed by atoms with Crippen LogP contribution in [-0.4, -0.2) is 29.6 Å². The van der Waals surface area contributed by atoms with Crippen LogP contribution in [0.25, 0.3) is 0 Å². The summed E-state index contributed by atoms with van der Waals surface area (Å²) in [6.07, 6.45) is 2.43. The van der Waals surface area contributed by atoms with Gasteiger partial charge in [-0.1, -0.05) is 41.0 Å². The van der Waals surface area contributed by atoms with Crippen LogP contribution in [0.3, 0.4) is 0 Å². The number of carbonyl (C=O) groups excluding carboxylic acids is 1. The van der Waals surface area contributed by atoms with E-state index < -0.39 is 0 Å². The zero-order valence-corrected chi connectivity index (χ0v) is 11.3. The van der Waals surface area contributed by atoms with Gasteiger partial charge in [-0.25, -0.2) is 0 Å². The summed E-state index contributed by atoms with van der Waals surface area (Å²) < 4.78 is 0. The molecule has 1 aliphatic rings. The first kappa shape index (κ1) is 13.5. The average Bonchev–Trinajstić information content (AvgIpc) is 2.46. The van der Waals surface area contributed by atoms with Crippen LogP contribution in [-0.2, 0) is 4.79 Å². The quantitative estimate of drug-likeness (QED) is 0.779. The summed E-state index contributed by atoms with van der Waals surface area (Å²) in [7, 11) is 0.